The number of aryl methyl sites for hydroxylation is 2. The highest BCUT2D eigenvalue weighted by molar-refractivity contribution is 5.95. The summed E-state index contributed by atoms with van der Waals surface area (Å²) in [4.78, 5) is 34.4. The van der Waals surface area contributed by atoms with Crippen LogP contribution in [0.1, 0.15) is 21.5 Å². The molecule has 7 heteroatoms. The number of hydrogen-bond acceptors (Lipinski definition) is 5. The van der Waals surface area contributed by atoms with Gasteiger partial charge in [-0.25, -0.2) is 4.79 Å². The Kier molecular flexibility index (Phi) is 6.32. The van der Waals surface area contributed by atoms with Gasteiger partial charge in [-0.15, -0.1) is 0 Å². The number of hydrogen-bond donors (Lipinski definition) is 2. The molecule has 2 rings (SSSR count). The molecule has 0 aliphatic rings. The van der Waals surface area contributed by atoms with E-state index < -0.39 is 24.4 Å². The first-order valence-electron chi connectivity index (χ1n) is 7.90. The van der Waals surface area contributed by atoms with Crippen molar-refractivity contribution in [3.05, 3.63) is 59.2 Å². The number of amides is 2. The molecule has 0 unspecified atom stereocenters. The summed E-state index contributed by atoms with van der Waals surface area (Å²) < 4.78 is 10.2. The van der Waals surface area contributed by atoms with Gasteiger partial charge in [0.25, 0.3) is 5.91 Å². The monoisotopic (exact) mass is 356 g/mol. The average Bonchev–Trinajstić information content (AvgIpc) is 2.58. The van der Waals surface area contributed by atoms with Crippen molar-refractivity contribution in [2.45, 2.75) is 13.8 Å². The van der Waals surface area contributed by atoms with Crippen molar-refractivity contribution in [3.63, 3.8) is 0 Å². The molecule has 0 aliphatic carbocycles. The molecule has 0 heterocycles. The Morgan fingerprint density at radius 1 is 0.962 bits per heavy atom. The van der Waals surface area contributed by atoms with Crippen molar-refractivity contribution >= 4 is 23.5 Å². The van der Waals surface area contributed by atoms with Gasteiger partial charge in [0.05, 0.1) is 0 Å². The zero-order valence-electron chi connectivity index (χ0n) is 14.6. The summed E-state index contributed by atoms with van der Waals surface area (Å²) in [6.07, 6.45) is 0. The van der Waals surface area contributed by atoms with Crippen molar-refractivity contribution in [3.8, 4) is 5.75 Å². The van der Waals surface area contributed by atoms with E-state index in [1.165, 1.54) is 24.3 Å². The van der Waals surface area contributed by atoms with Crippen LogP contribution >= 0.6 is 0 Å². The van der Waals surface area contributed by atoms with Crippen LogP contribution in [0.3, 0.4) is 0 Å². The van der Waals surface area contributed by atoms with Crippen molar-refractivity contribution in [1.82, 2.24) is 0 Å². The second-order valence-corrected chi connectivity index (χ2v) is 5.76. The summed E-state index contributed by atoms with van der Waals surface area (Å²) in [7, 11) is 0. The van der Waals surface area contributed by atoms with E-state index in [0.717, 1.165) is 11.1 Å². The molecule has 0 aromatic heterocycles. The van der Waals surface area contributed by atoms with Gasteiger partial charge < -0.3 is 20.5 Å². The Labute approximate surface area is 151 Å². The zero-order valence-corrected chi connectivity index (χ0v) is 14.6. The third-order valence-corrected chi connectivity index (χ3v) is 3.37. The van der Waals surface area contributed by atoms with Crippen LogP contribution in [-0.4, -0.2) is 31.0 Å². The normalized spacial score (nSPS) is 10.1. The summed E-state index contributed by atoms with van der Waals surface area (Å²) >= 11 is 0. The minimum atomic E-state index is -0.650. The van der Waals surface area contributed by atoms with Crippen LogP contribution in [0.15, 0.2) is 42.5 Å². The average molecular weight is 356 g/mol. The molecule has 2 amide bonds. The van der Waals surface area contributed by atoms with Crippen LogP contribution in [0, 0.1) is 13.8 Å². The first kappa shape index (κ1) is 19.0. The Balaban J connectivity index is 1.75. The Morgan fingerprint density at radius 3 is 2.15 bits per heavy atom. The van der Waals surface area contributed by atoms with Gasteiger partial charge in [-0.05, 0) is 61.4 Å². The van der Waals surface area contributed by atoms with Crippen LogP contribution < -0.4 is 15.8 Å². The molecule has 0 atom stereocenters. The van der Waals surface area contributed by atoms with Crippen molar-refractivity contribution < 1.29 is 23.9 Å². The number of nitrogens with two attached hydrogens (primary N) is 1. The molecule has 2 aromatic carbocycles. The van der Waals surface area contributed by atoms with E-state index in [4.69, 9.17) is 15.2 Å². The third kappa shape index (κ3) is 5.94. The molecule has 0 spiro atoms. The van der Waals surface area contributed by atoms with E-state index in [-0.39, 0.29) is 6.61 Å². The maximum atomic E-state index is 11.8. The number of primary amides is 1. The molecule has 0 aliphatic heterocycles. The van der Waals surface area contributed by atoms with Gasteiger partial charge in [0.15, 0.2) is 13.2 Å². The fraction of sp³-hybridized carbons (Fsp3) is 0.211. The second kappa shape index (κ2) is 8.66. The van der Waals surface area contributed by atoms with Gasteiger partial charge in [-0.2, -0.15) is 0 Å². The SMILES string of the molecule is Cc1cc(C)cc(OCC(=O)OCC(=O)Nc2ccc(C(N)=O)cc2)c1. The summed E-state index contributed by atoms with van der Waals surface area (Å²) in [5.41, 5.74) is 7.98. The van der Waals surface area contributed by atoms with Crippen LogP contribution in [0.4, 0.5) is 5.69 Å². The molecule has 0 bridgehead atoms. The maximum absolute atomic E-state index is 11.8. The second-order valence-electron chi connectivity index (χ2n) is 5.76. The number of rotatable bonds is 7. The van der Waals surface area contributed by atoms with E-state index in [0.29, 0.717) is 17.0 Å². The third-order valence-electron chi connectivity index (χ3n) is 3.37. The number of ether oxygens (including phenoxy) is 2. The van der Waals surface area contributed by atoms with Crippen LogP contribution in [-0.2, 0) is 14.3 Å². The maximum Gasteiger partial charge on any atom is 0.344 e. The van der Waals surface area contributed by atoms with E-state index >= 15 is 0 Å². The number of benzene rings is 2. The van der Waals surface area contributed by atoms with E-state index in [2.05, 4.69) is 5.32 Å². The first-order chi connectivity index (χ1) is 12.3. The molecule has 2 aromatic rings. The standard InChI is InChI=1S/C19H20N2O5/c1-12-7-13(2)9-16(8-12)25-11-18(23)26-10-17(22)21-15-5-3-14(4-6-15)19(20)24/h3-9H,10-11H2,1-2H3,(H2,20,24)(H,21,22). The fourth-order valence-electron chi connectivity index (χ4n) is 2.26. The molecule has 136 valence electrons. The molecule has 0 saturated carbocycles. The predicted molar refractivity (Wildman–Crippen MR) is 96.0 cm³/mol. The number of carbonyl (C=O) groups is 3. The van der Waals surface area contributed by atoms with E-state index in [1.807, 2.05) is 32.0 Å². The lowest BCUT2D eigenvalue weighted by atomic mass is 10.1. The van der Waals surface area contributed by atoms with Gasteiger partial charge in [0.2, 0.25) is 5.91 Å². The zero-order chi connectivity index (χ0) is 19.1. The Hall–Kier alpha value is -3.35. The van der Waals surface area contributed by atoms with E-state index in [9.17, 15) is 14.4 Å². The molecular formula is C19H20N2O5. The van der Waals surface area contributed by atoms with Gasteiger partial charge >= 0.3 is 5.97 Å². The number of nitrogens with one attached hydrogen (secondary N) is 1. The lowest BCUT2D eigenvalue weighted by molar-refractivity contribution is -0.149. The topological polar surface area (TPSA) is 108 Å². The largest absolute Gasteiger partial charge is 0.482 e. The lowest BCUT2D eigenvalue weighted by Crippen LogP contribution is -2.23. The highest BCUT2D eigenvalue weighted by atomic mass is 16.6. The molecule has 7 nitrogen and oxygen atoms in total. The van der Waals surface area contributed by atoms with Crippen LogP contribution in [0.5, 0.6) is 5.75 Å². The van der Waals surface area contributed by atoms with Gasteiger partial charge in [-0.1, -0.05) is 6.07 Å². The number of esters is 1. The number of anilines is 1. The van der Waals surface area contributed by atoms with Crippen LogP contribution in [0.2, 0.25) is 0 Å². The lowest BCUT2D eigenvalue weighted by Gasteiger charge is -2.09. The Bertz CT molecular complexity index is 795. The number of carbonyl (C=O) groups excluding carboxylic acids is 3. The van der Waals surface area contributed by atoms with Crippen molar-refractivity contribution in [2.75, 3.05) is 18.5 Å². The summed E-state index contributed by atoms with van der Waals surface area (Å²) in [5.74, 6) is -1.14. The van der Waals surface area contributed by atoms with Crippen molar-refractivity contribution in [1.29, 1.82) is 0 Å². The van der Waals surface area contributed by atoms with Crippen molar-refractivity contribution in [2.24, 2.45) is 5.73 Å². The Morgan fingerprint density at radius 2 is 1.58 bits per heavy atom. The molecule has 3 N–H and O–H groups in total. The van der Waals surface area contributed by atoms with E-state index in [1.54, 1.807) is 0 Å². The smallest absolute Gasteiger partial charge is 0.344 e. The molecule has 0 fully saturated rings. The van der Waals surface area contributed by atoms with Gasteiger partial charge in [0, 0.05) is 11.3 Å². The predicted octanol–water partition coefficient (Wildman–Crippen LogP) is 1.96. The highest BCUT2D eigenvalue weighted by Crippen LogP contribution is 2.16. The summed E-state index contributed by atoms with van der Waals surface area (Å²) in [5, 5.41) is 2.54. The van der Waals surface area contributed by atoms with Gasteiger partial charge in [-0.3, -0.25) is 9.59 Å². The first-order valence-corrected chi connectivity index (χ1v) is 7.90. The summed E-state index contributed by atoms with van der Waals surface area (Å²) in [6, 6.07) is 11.6. The highest BCUT2D eigenvalue weighted by Gasteiger charge is 2.10. The van der Waals surface area contributed by atoms with Crippen LogP contribution in [0.25, 0.3) is 0 Å². The molecule has 0 radical (unpaired) electrons. The fourth-order valence-corrected chi connectivity index (χ4v) is 2.26. The molecular weight excluding hydrogens is 336 g/mol. The molecule has 0 saturated heterocycles. The minimum absolute atomic E-state index is 0.288. The summed E-state index contributed by atoms with van der Waals surface area (Å²) in [6.45, 7) is 3.13. The molecule has 26 heavy (non-hydrogen) atoms. The quantitative estimate of drug-likeness (QED) is 0.738. The minimum Gasteiger partial charge on any atom is -0.482 e. The van der Waals surface area contributed by atoms with Gasteiger partial charge in [0.1, 0.15) is 5.75 Å².